The molecule has 1 aliphatic heterocycles. The van der Waals surface area contributed by atoms with Gasteiger partial charge in [-0.15, -0.1) is 0 Å². The van der Waals surface area contributed by atoms with Crippen molar-refractivity contribution in [1.29, 1.82) is 0 Å². The second-order valence-corrected chi connectivity index (χ2v) is 5.84. The normalized spacial score (nSPS) is 17.8. The van der Waals surface area contributed by atoms with Gasteiger partial charge in [0, 0.05) is 49.6 Å². The van der Waals surface area contributed by atoms with Gasteiger partial charge in [-0.1, -0.05) is 0 Å². The smallest absolute Gasteiger partial charge is 0.380 e. The maximum absolute atomic E-state index is 12.8. The Bertz CT molecular complexity index is 703. The number of hydrogen-bond donors (Lipinski definition) is 1. The fourth-order valence-corrected chi connectivity index (χ4v) is 2.73. The van der Waals surface area contributed by atoms with Crippen LogP contribution in [-0.2, 0) is 0 Å². The summed E-state index contributed by atoms with van der Waals surface area (Å²) in [6, 6.07) is 6.74. The van der Waals surface area contributed by atoms with E-state index in [1.54, 1.807) is 47.6 Å². The first-order valence-corrected chi connectivity index (χ1v) is 7.47. The van der Waals surface area contributed by atoms with Gasteiger partial charge in [0.25, 0.3) is 5.91 Å². The summed E-state index contributed by atoms with van der Waals surface area (Å²) in [6.45, 7) is -0.254. The number of halogens is 3. The summed E-state index contributed by atoms with van der Waals surface area (Å²) in [4.78, 5) is 17.7. The van der Waals surface area contributed by atoms with Crippen LogP contribution in [0.2, 0.25) is 0 Å². The molecule has 1 amide bonds. The lowest BCUT2D eigenvalue weighted by Crippen LogP contribution is -2.54. The fourth-order valence-electron chi connectivity index (χ4n) is 2.73. The Morgan fingerprint density at radius 3 is 2.29 bits per heavy atom. The molecule has 1 fully saturated rings. The highest BCUT2D eigenvalue weighted by molar-refractivity contribution is 5.94. The molecule has 8 heteroatoms. The summed E-state index contributed by atoms with van der Waals surface area (Å²) in [7, 11) is 0. The number of aromatic nitrogens is 2. The zero-order valence-electron chi connectivity index (χ0n) is 12.7. The highest BCUT2D eigenvalue weighted by atomic mass is 19.4. The van der Waals surface area contributed by atoms with Gasteiger partial charge in [-0.2, -0.15) is 13.2 Å². The van der Waals surface area contributed by atoms with Crippen LogP contribution in [0.25, 0.3) is 5.69 Å². The first kappa shape index (κ1) is 16.5. The van der Waals surface area contributed by atoms with Crippen LogP contribution in [0.3, 0.4) is 0 Å². The number of rotatable bonds is 2. The summed E-state index contributed by atoms with van der Waals surface area (Å²) in [5.41, 5.74) is -1.47. The molecule has 1 aliphatic rings. The maximum atomic E-state index is 12.8. The van der Waals surface area contributed by atoms with Crippen LogP contribution in [0.15, 0.2) is 43.0 Å². The van der Waals surface area contributed by atoms with Crippen LogP contribution in [0.5, 0.6) is 0 Å². The van der Waals surface area contributed by atoms with Crippen LogP contribution in [0.1, 0.15) is 23.2 Å². The molecule has 0 atom stereocenters. The van der Waals surface area contributed by atoms with Crippen molar-refractivity contribution >= 4 is 5.91 Å². The largest absolute Gasteiger partial charge is 0.417 e. The Morgan fingerprint density at radius 1 is 1.17 bits per heavy atom. The topological polar surface area (TPSA) is 58.4 Å². The molecule has 3 rings (SSSR count). The molecule has 24 heavy (non-hydrogen) atoms. The minimum Gasteiger partial charge on any atom is -0.380 e. The SMILES string of the molecule is O=C(c1ccc(-n2ccnc2)cc1)N1CCC(O)(C(F)(F)F)CC1. The Labute approximate surface area is 136 Å². The quantitative estimate of drug-likeness (QED) is 0.914. The molecule has 2 heterocycles. The van der Waals surface area contributed by atoms with Crippen molar-refractivity contribution in [2.24, 2.45) is 0 Å². The van der Waals surface area contributed by atoms with E-state index in [1.807, 2.05) is 0 Å². The molecule has 0 radical (unpaired) electrons. The predicted molar refractivity (Wildman–Crippen MR) is 79.7 cm³/mol. The standard InChI is InChI=1S/C16H16F3N3O2/c17-16(18,19)15(24)5-8-21(9-6-15)14(23)12-1-3-13(4-2-12)22-10-7-20-11-22/h1-4,7,10-11,24H,5-6,8-9H2. The van der Waals surface area contributed by atoms with Crippen LogP contribution >= 0.6 is 0 Å². The first-order chi connectivity index (χ1) is 11.3. The number of imidazole rings is 1. The van der Waals surface area contributed by atoms with Crippen LogP contribution in [-0.4, -0.2) is 50.3 Å². The molecule has 5 nitrogen and oxygen atoms in total. The highest BCUT2D eigenvalue weighted by Gasteiger charge is 2.54. The molecule has 128 valence electrons. The van der Waals surface area contributed by atoms with Gasteiger partial charge in [0.05, 0.1) is 6.33 Å². The van der Waals surface area contributed by atoms with E-state index in [0.29, 0.717) is 5.56 Å². The minimum absolute atomic E-state index is 0.127. The fraction of sp³-hybridized carbons (Fsp3) is 0.375. The third-order valence-electron chi connectivity index (χ3n) is 4.32. The lowest BCUT2D eigenvalue weighted by Gasteiger charge is -2.39. The van der Waals surface area contributed by atoms with Gasteiger partial charge in [-0.3, -0.25) is 4.79 Å². The Hall–Kier alpha value is -2.35. The number of hydrogen-bond acceptors (Lipinski definition) is 3. The van der Waals surface area contributed by atoms with Gasteiger partial charge >= 0.3 is 6.18 Å². The molecule has 0 saturated carbocycles. The van der Waals surface area contributed by atoms with Gasteiger partial charge in [-0.25, -0.2) is 4.98 Å². The third-order valence-corrected chi connectivity index (χ3v) is 4.32. The number of carbonyl (C=O) groups excluding carboxylic acids is 1. The van der Waals surface area contributed by atoms with Gasteiger partial charge < -0.3 is 14.6 Å². The zero-order valence-corrected chi connectivity index (χ0v) is 12.7. The average Bonchev–Trinajstić information content (AvgIpc) is 3.08. The highest BCUT2D eigenvalue weighted by Crippen LogP contribution is 2.38. The van der Waals surface area contributed by atoms with E-state index in [1.165, 1.54) is 4.90 Å². The van der Waals surface area contributed by atoms with E-state index in [4.69, 9.17) is 0 Å². The molecule has 0 bridgehead atoms. The summed E-state index contributed by atoms with van der Waals surface area (Å²) in [6.07, 6.45) is -0.660. The Morgan fingerprint density at radius 2 is 1.79 bits per heavy atom. The predicted octanol–water partition coefficient (Wildman–Crippen LogP) is 2.40. The molecule has 1 saturated heterocycles. The number of alkyl halides is 3. The summed E-state index contributed by atoms with van der Waals surface area (Å²) < 4.78 is 40.2. The van der Waals surface area contributed by atoms with Gasteiger partial charge in [0.15, 0.2) is 5.60 Å². The van der Waals surface area contributed by atoms with Crippen LogP contribution in [0, 0.1) is 0 Å². The van der Waals surface area contributed by atoms with E-state index >= 15 is 0 Å². The van der Waals surface area contributed by atoms with E-state index in [2.05, 4.69) is 4.98 Å². The molecule has 1 aromatic heterocycles. The molecule has 0 spiro atoms. The summed E-state index contributed by atoms with van der Waals surface area (Å²) >= 11 is 0. The van der Waals surface area contributed by atoms with Crippen LogP contribution < -0.4 is 0 Å². The number of carbonyl (C=O) groups is 1. The van der Waals surface area contributed by atoms with E-state index in [0.717, 1.165) is 5.69 Å². The van der Waals surface area contributed by atoms with Gasteiger partial charge in [-0.05, 0) is 24.3 Å². The lowest BCUT2D eigenvalue weighted by atomic mass is 9.90. The second-order valence-electron chi connectivity index (χ2n) is 5.84. The average molecular weight is 339 g/mol. The second kappa shape index (κ2) is 5.94. The molecule has 1 aromatic carbocycles. The molecule has 0 aliphatic carbocycles. The number of amides is 1. The van der Waals surface area contributed by atoms with Crippen molar-refractivity contribution in [3.63, 3.8) is 0 Å². The Balaban J connectivity index is 1.68. The number of likely N-dealkylation sites (tertiary alicyclic amines) is 1. The van der Waals surface area contributed by atoms with Crippen LogP contribution in [0.4, 0.5) is 13.2 Å². The van der Waals surface area contributed by atoms with Crippen molar-refractivity contribution in [3.05, 3.63) is 48.5 Å². The lowest BCUT2D eigenvalue weighted by molar-refractivity contribution is -0.271. The minimum atomic E-state index is -4.67. The zero-order chi connectivity index (χ0) is 17.4. The van der Waals surface area contributed by atoms with E-state index in [9.17, 15) is 23.1 Å². The van der Waals surface area contributed by atoms with Gasteiger partial charge in [0.1, 0.15) is 0 Å². The van der Waals surface area contributed by atoms with Gasteiger partial charge in [0.2, 0.25) is 0 Å². The third kappa shape index (κ3) is 3.01. The Kier molecular flexibility index (Phi) is 4.08. The van der Waals surface area contributed by atoms with Crippen molar-refractivity contribution in [3.8, 4) is 5.69 Å². The van der Waals surface area contributed by atoms with Crippen molar-refractivity contribution in [2.75, 3.05) is 13.1 Å². The van der Waals surface area contributed by atoms with Crippen molar-refractivity contribution < 1.29 is 23.1 Å². The summed E-state index contributed by atoms with van der Waals surface area (Å²) in [5, 5.41) is 9.65. The van der Waals surface area contributed by atoms with Crippen molar-refractivity contribution in [1.82, 2.24) is 14.5 Å². The summed E-state index contributed by atoms with van der Waals surface area (Å²) in [5.74, 6) is -0.337. The van der Waals surface area contributed by atoms with E-state index < -0.39 is 24.6 Å². The molecular weight excluding hydrogens is 323 g/mol. The number of benzene rings is 1. The molecular formula is C16H16F3N3O2. The molecule has 2 aromatic rings. The first-order valence-electron chi connectivity index (χ1n) is 7.47. The monoisotopic (exact) mass is 339 g/mol. The maximum Gasteiger partial charge on any atom is 0.417 e. The molecule has 1 N–H and O–H groups in total. The number of nitrogens with zero attached hydrogens (tertiary/aromatic N) is 3. The number of piperidine rings is 1. The number of aliphatic hydroxyl groups is 1. The van der Waals surface area contributed by atoms with E-state index in [-0.39, 0.29) is 19.0 Å². The van der Waals surface area contributed by atoms with Crippen molar-refractivity contribution in [2.45, 2.75) is 24.6 Å². The molecule has 0 unspecified atom stereocenters.